The van der Waals surface area contributed by atoms with Crippen LogP contribution in [0.5, 0.6) is 0 Å². The van der Waals surface area contributed by atoms with Crippen LogP contribution in [0.4, 0.5) is 0 Å². The number of halogens is 1. The van der Waals surface area contributed by atoms with E-state index in [0.29, 0.717) is 18.7 Å². The van der Waals surface area contributed by atoms with Crippen LogP contribution < -0.4 is 5.73 Å². The number of thiophene rings is 1. The number of rotatable bonds is 4. The predicted octanol–water partition coefficient (Wildman–Crippen LogP) is 3.21. The van der Waals surface area contributed by atoms with Crippen LogP contribution in [0.1, 0.15) is 25.7 Å². The molecule has 0 unspecified atom stereocenters. The van der Waals surface area contributed by atoms with E-state index in [1.165, 1.54) is 9.75 Å². The van der Waals surface area contributed by atoms with Gasteiger partial charge in [-0.2, -0.15) is 0 Å². The van der Waals surface area contributed by atoms with Gasteiger partial charge in [0.25, 0.3) is 5.91 Å². The Hall–Kier alpha value is -1.36. The van der Waals surface area contributed by atoms with E-state index in [4.69, 9.17) is 5.73 Å². The topological polar surface area (TPSA) is 46.3 Å². The van der Waals surface area contributed by atoms with Gasteiger partial charge < -0.3 is 10.6 Å². The quantitative estimate of drug-likeness (QED) is 0.942. The van der Waals surface area contributed by atoms with Crippen LogP contribution in [-0.2, 0) is 13.1 Å². The summed E-state index contributed by atoms with van der Waals surface area (Å²) in [7, 11) is 1.83. The Labute approximate surface area is 129 Å². The molecule has 0 aliphatic heterocycles. The van der Waals surface area contributed by atoms with Gasteiger partial charge >= 0.3 is 0 Å². The Bertz CT molecular complexity index is 566. The molecule has 1 aromatic carbocycles. The highest BCUT2D eigenvalue weighted by Crippen LogP contribution is 2.17. The van der Waals surface area contributed by atoms with E-state index in [2.05, 4.69) is 19.1 Å². The minimum atomic E-state index is 0. The number of benzene rings is 1. The van der Waals surface area contributed by atoms with Crippen molar-refractivity contribution >= 4 is 29.7 Å². The average Bonchev–Trinajstić information content (AvgIpc) is 2.83. The first-order valence-electron chi connectivity index (χ1n) is 6.20. The fourth-order valence-electron chi connectivity index (χ4n) is 1.88. The summed E-state index contributed by atoms with van der Waals surface area (Å²) in [6.07, 6.45) is 0. The highest BCUT2D eigenvalue weighted by molar-refractivity contribution is 7.11. The lowest BCUT2D eigenvalue weighted by Crippen LogP contribution is -2.25. The molecule has 0 radical (unpaired) electrons. The van der Waals surface area contributed by atoms with Crippen LogP contribution in [0.2, 0.25) is 0 Å². The Morgan fingerprint density at radius 1 is 1.20 bits per heavy atom. The number of carbonyl (C=O) groups excluding carboxylic acids is 1. The first-order chi connectivity index (χ1) is 9.10. The molecule has 2 N–H and O–H groups in total. The van der Waals surface area contributed by atoms with Gasteiger partial charge in [-0.3, -0.25) is 4.79 Å². The number of hydrogen-bond donors (Lipinski definition) is 1. The van der Waals surface area contributed by atoms with Gasteiger partial charge in [-0.1, -0.05) is 12.1 Å². The van der Waals surface area contributed by atoms with Crippen LogP contribution in [0.3, 0.4) is 0 Å². The molecule has 1 amide bonds. The lowest BCUT2D eigenvalue weighted by molar-refractivity contribution is 0.0786. The molecule has 0 saturated carbocycles. The fourth-order valence-corrected chi connectivity index (χ4v) is 2.82. The van der Waals surface area contributed by atoms with Crippen molar-refractivity contribution in [3.8, 4) is 0 Å². The summed E-state index contributed by atoms with van der Waals surface area (Å²) >= 11 is 1.72. The molecule has 2 rings (SSSR count). The number of hydrogen-bond acceptors (Lipinski definition) is 3. The summed E-state index contributed by atoms with van der Waals surface area (Å²) in [5, 5.41) is 0. The van der Waals surface area contributed by atoms with Gasteiger partial charge in [0.2, 0.25) is 0 Å². The molecule has 20 heavy (non-hydrogen) atoms. The zero-order valence-electron chi connectivity index (χ0n) is 11.6. The second kappa shape index (κ2) is 7.43. The third-order valence-corrected chi connectivity index (χ3v) is 3.96. The number of amides is 1. The van der Waals surface area contributed by atoms with E-state index in [1.54, 1.807) is 16.2 Å². The Balaban J connectivity index is 0.00000200. The van der Waals surface area contributed by atoms with Crippen LogP contribution in [0.15, 0.2) is 36.4 Å². The van der Waals surface area contributed by atoms with Gasteiger partial charge in [0.1, 0.15) is 0 Å². The summed E-state index contributed by atoms with van der Waals surface area (Å²) in [6, 6.07) is 11.6. The third-order valence-electron chi connectivity index (χ3n) is 2.97. The van der Waals surface area contributed by atoms with Crippen molar-refractivity contribution in [3.63, 3.8) is 0 Å². The molecule has 0 bridgehead atoms. The zero-order chi connectivity index (χ0) is 13.8. The standard InChI is InChI=1S/C15H18N2OS.ClH/c1-11-3-8-14(19-11)10-17(2)15(18)13-6-4-12(9-16)5-7-13;/h3-8H,9-10,16H2,1-2H3;1H. The molecule has 1 heterocycles. The van der Waals surface area contributed by atoms with E-state index in [9.17, 15) is 4.79 Å². The number of carbonyl (C=O) groups is 1. The smallest absolute Gasteiger partial charge is 0.253 e. The molecular formula is C15H19ClN2OS. The van der Waals surface area contributed by atoms with Crippen molar-refractivity contribution in [2.24, 2.45) is 5.73 Å². The number of aryl methyl sites for hydroxylation is 1. The van der Waals surface area contributed by atoms with Crippen molar-refractivity contribution in [2.45, 2.75) is 20.0 Å². The van der Waals surface area contributed by atoms with Crippen molar-refractivity contribution in [2.75, 3.05) is 7.05 Å². The molecule has 108 valence electrons. The van der Waals surface area contributed by atoms with E-state index < -0.39 is 0 Å². The molecule has 5 heteroatoms. The summed E-state index contributed by atoms with van der Waals surface area (Å²) in [6.45, 7) is 3.22. The normalized spacial score (nSPS) is 9.95. The van der Waals surface area contributed by atoms with Crippen molar-refractivity contribution < 1.29 is 4.79 Å². The monoisotopic (exact) mass is 310 g/mol. The maximum Gasteiger partial charge on any atom is 0.253 e. The van der Waals surface area contributed by atoms with Crippen molar-refractivity contribution in [3.05, 3.63) is 57.3 Å². The van der Waals surface area contributed by atoms with Crippen LogP contribution in [-0.4, -0.2) is 17.9 Å². The third kappa shape index (κ3) is 4.07. The first-order valence-corrected chi connectivity index (χ1v) is 7.01. The minimum Gasteiger partial charge on any atom is -0.337 e. The Morgan fingerprint density at radius 2 is 1.85 bits per heavy atom. The number of nitrogens with two attached hydrogens (primary N) is 1. The molecule has 3 nitrogen and oxygen atoms in total. The lowest BCUT2D eigenvalue weighted by atomic mass is 10.1. The maximum absolute atomic E-state index is 12.3. The van der Waals surface area contributed by atoms with Gasteiger partial charge in [0, 0.05) is 28.9 Å². The molecule has 1 aromatic heterocycles. The maximum atomic E-state index is 12.3. The highest BCUT2D eigenvalue weighted by Gasteiger charge is 2.12. The first kappa shape index (κ1) is 16.7. The molecule has 0 spiro atoms. The van der Waals surface area contributed by atoms with Gasteiger partial charge in [-0.25, -0.2) is 0 Å². The van der Waals surface area contributed by atoms with E-state index in [-0.39, 0.29) is 18.3 Å². The summed E-state index contributed by atoms with van der Waals surface area (Å²) in [5.74, 6) is 0.0367. The molecule has 0 saturated heterocycles. The van der Waals surface area contributed by atoms with E-state index in [0.717, 1.165) is 5.56 Å². The summed E-state index contributed by atoms with van der Waals surface area (Å²) in [5.41, 5.74) is 7.28. The molecule has 0 aliphatic carbocycles. The summed E-state index contributed by atoms with van der Waals surface area (Å²) < 4.78 is 0. The lowest BCUT2D eigenvalue weighted by Gasteiger charge is -2.16. The molecule has 0 atom stereocenters. The van der Waals surface area contributed by atoms with E-state index in [1.807, 2.05) is 31.3 Å². The van der Waals surface area contributed by atoms with Gasteiger partial charge in [0.05, 0.1) is 6.54 Å². The molecule has 2 aromatic rings. The van der Waals surface area contributed by atoms with Crippen LogP contribution in [0, 0.1) is 6.92 Å². The summed E-state index contributed by atoms with van der Waals surface area (Å²) in [4.78, 5) is 16.5. The Morgan fingerprint density at radius 3 is 2.35 bits per heavy atom. The highest BCUT2D eigenvalue weighted by atomic mass is 35.5. The Kier molecular flexibility index (Phi) is 6.20. The largest absolute Gasteiger partial charge is 0.337 e. The second-order valence-electron chi connectivity index (χ2n) is 4.57. The van der Waals surface area contributed by atoms with Gasteiger partial charge in [-0.15, -0.1) is 23.7 Å². The van der Waals surface area contributed by atoms with Crippen LogP contribution >= 0.6 is 23.7 Å². The second-order valence-corrected chi connectivity index (χ2v) is 5.95. The van der Waals surface area contributed by atoms with Gasteiger partial charge in [-0.05, 0) is 36.8 Å². The number of nitrogens with zero attached hydrogens (tertiary/aromatic N) is 1. The van der Waals surface area contributed by atoms with Crippen LogP contribution in [0.25, 0.3) is 0 Å². The molecule has 0 fully saturated rings. The molecule has 0 aliphatic rings. The molecular weight excluding hydrogens is 292 g/mol. The van der Waals surface area contributed by atoms with Crippen molar-refractivity contribution in [1.82, 2.24) is 4.90 Å². The fraction of sp³-hybridized carbons (Fsp3) is 0.267. The average molecular weight is 311 g/mol. The van der Waals surface area contributed by atoms with E-state index >= 15 is 0 Å². The predicted molar refractivity (Wildman–Crippen MR) is 86.4 cm³/mol. The van der Waals surface area contributed by atoms with Crippen molar-refractivity contribution in [1.29, 1.82) is 0 Å². The SMILES string of the molecule is Cc1ccc(CN(C)C(=O)c2ccc(CN)cc2)s1.Cl. The minimum absolute atomic E-state index is 0. The van der Waals surface area contributed by atoms with Gasteiger partial charge in [0.15, 0.2) is 0 Å². The zero-order valence-corrected chi connectivity index (χ0v) is 13.3.